The third kappa shape index (κ3) is 3.86. The van der Waals surface area contributed by atoms with Gasteiger partial charge in [-0.05, 0) is 48.9 Å². The maximum atomic E-state index is 12.4. The van der Waals surface area contributed by atoms with Gasteiger partial charge in [-0.1, -0.05) is 19.1 Å². The van der Waals surface area contributed by atoms with Crippen LogP contribution < -0.4 is 15.0 Å². The molecule has 8 heteroatoms. The number of benzene rings is 1. The first-order valence-corrected chi connectivity index (χ1v) is 10.3. The molecule has 1 atom stereocenters. The van der Waals surface area contributed by atoms with Crippen molar-refractivity contribution < 1.29 is 17.9 Å². The van der Waals surface area contributed by atoms with E-state index in [9.17, 15) is 13.2 Å². The van der Waals surface area contributed by atoms with Gasteiger partial charge in [0, 0.05) is 4.88 Å². The molecule has 1 amide bonds. The Morgan fingerprint density at radius 1 is 1.32 bits per heavy atom. The van der Waals surface area contributed by atoms with Crippen LogP contribution in [-0.4, -0.2) is 21.4 Å². The number of hydrogen-bond donors (Lipinski definition) is 2. The number of thiophene rings is 1. The Kier molecular flexibility index (Phi) is 5.12. The molecule has 6 nitrogen and oxygen atoms in total. The van der Waals surface area contributed by atoms with E-state index >= 15 is 0 Å². The van der Waals surface area contributed by atoms with Crippen molar-refractivity contribution in [3.63, 3.8) is 0 Å². The summed E-state index contributed by atoms with van der Waals surface area (Å²) in [6.45, 7) is 2.20. The third-order valence-electron chi connectivity index (χ3n) is 4.21. The van der Waals surface area contributed by atoms with E-state index in [0.29, 0.717) is 10.8 Å². The maximum absolute atomic E-state index is 12.4. The lowest BCUT2D eigenvalue weighted by molar-refractivity contribution is 0.0949. The van der Waals surface area contributed by atoms with Crippen molar-refractivity contribution in [3.05, 3.63) is 45.6 Å². The van der Waals surface area contributed by atoms with E-state index in [2.05, 4.69) is 17.2 Å². The SMILES string of the molecule is COc1ccccc1S(=O)(=O)NNC(=O)c1cc2c(s1)CCC(C)C2. The summed E-state index contributed by atoms with van der Waals surface area (Å²) >= 11 is 1.43. The van der Waals surface area contributed by atoms with Crippen LogP contribution in [0.1, 0.15) is 33.5 Å². The van der Waals surface area contributed by atoms with Crippen molar-refractivity contribution in [2.24, 2.45) is 5.92 Å². The fraction of sp³-hybridized carbons (Fsp3) is 0.353. The lowest BCUT2D eigenvalue weighted by Gasteiger charge is -2.16. The van der Waals surface area contributed by atoms with Crippen molar-refractivity contribution in [3.8, 4) is 5.75 Å². The molecule has 1 aliphatic rings. The Morgan fingerprint density at radius 3 is 2.84 bits per heavy atom. The average molecular weight is 380 g/mol. The summed E-state index contributed by atoms with van der Waals surface area (Å²) < 4.78 is 29.8. The number of amides is 1. The Bertz CT molecular complexity index is 890. The molecule has 0 bridgehead atoms. The number of hydrogen-bond acceptors (Lipinski definition) is 5. The highest BCUT2D eigenvalue weighted by molar-refractivity contribution is 7.89. The van der Waals surface area contributed by atoms with E-state index in [1.54, 1.807) is 18.2 Å². The van der Waals surface area contributed by atoms with E-state index in [1.165, 1.54) is 35.0 Å². The van der Waals surface area contributed by atoms with Crippen LogP contribution in [0.15, 0.2) is 35.2 Å². The minimum absolute atomic E-state index is 0.0305. The topological polar surface area (TPSA) is 84.5 Å². The molecule has 0 aliphatic heterocycles. The van der Waals surface area contributed by atoms with Crippen LogP contribution in [0.5, 0.6) is 5.75 Å². The summed E-state index contributed by atoms with van der Waals surface area (Å²) in [5.74, 6) is 0.373. The molecule has 0 saturated carbocycles. The molecular weight excluding hydrogens is 360 g/mol. The van der Waals surface area contributed by atoms with Gasteiger partial charge in [-0.3, -0.25) is 10.2 Å². The number of rotatable bonds is 5. The Labute approximate surface area is 151 Å². The van der Waals surface area contributed by atoms with Gasteiger partial charge in [0.15, 0.2) is 0 Å². The van der Waals surface area contributed by atoms with Crippen LogP contribution in [-0.2, 0) is 22.9 Å². The number of nitrogens with one attached hydrogen (secondary N) is 2. The van der Waals surface area contributed by atoms with E-state index in [0.717, 1.165) is 19.3 Å². The standard InChI is InChI=1S/C17H20N2O4S2/c1-11-7-8-14-12(9-11)10-15(24-14)17(20)18-19-25(21,22)16-6-4-3-5-13(16)23-2/h3-6,10-11,19H,7-9H2,1-2H3,(H,18,20). The molecule has 134 valence electrons. The highest BCUT2D eigenvalue weighted by Gasteiger charge is 2.23. The lowest BCUT2D eigenvalue weighted by Crippen LogP contribution is -2.41. The molecule has 1 aromatic heterocycles. The summed E-state index contributed by atoms with van der Waals surface area (Å²) in [6, 6.07) is 8.09. The van der Waals surface area contributed by atoms with E-state index in [4.69, 9.17) is 4.74 Å². The van der Waals surface area contributed by atoms with Gasteiger partial charge >= 0.3 is 0 Å². The van der Waals surface area contributed by atoms with Crippen molar-refractivity contribution in [2.45, 2.75) is 31.1 Å². The molecule has 0 fully saturated rings. The number of para-hydroxylation sites is 1. The highest BCUT2D eigenvalue weighted by atomic mass is 32.2. The van der Waals surface area contributed by atoms with E-state index < -0.39 is 15.9 Å². The molecule has 0 spiro atoms. The van der Waals surface area contributed by atoms with Crippen molar-refractivity contribution in [1.29, 1.82) is 0 Å². The second kappa shape index (κ2) is 7.15. The summed E-state index contributed by atoms with van der Waals surface area (Å²) in [5.41, 5.74) is 3.48. The monoisotopic (exact) mass is 380 g/mol. The van der Waals surface area contributed by atoms with Gasteiger partial charge < -0.3 is 4.74 Å². The largest absolute Gasteiger partial charge is 0.495 e. The van der Waals surface area contributed by atoms with E-state index in [1.807, 2.05) is 6.07 Å². The number of ether oxygens (including phenoxy) is 1. The van der Waals surface area contributed by atoms with Crippen LogP contribution in [0.4, 0.5) is 0 Å². The lowest BCUT2D eigenvalue weighted by atomic mass is 9.90. The minimum Gasteiger partial charge on any atom is -0.495 e. The second-order valence-electron chi connectivity index (χ2n) is 6.12. The molecule has 3 rings (SSSR count). The van der Waals surface area contributed by atoms with Crippen LogP contribution in [0.2, 0.25) is 0 Å². The van der Waals surface area contributed by atoms with Gasteiger partial charge in [0.05, 0.1) is 12.0 Å². The molecule has 0 radical (unpaired) electrons. The second-order valence-corrected chi connectivity index (χ2v) is 8.91. The number of methoxy groups -OCH3 is 1. The number of hydrazine groups is 1. The van der Waals surface area contributed by atoms with Gasteiger partial charge in [-0.2, -0.15) is 0 Å². The van der Waals surface area contributed by atoms with Crippen LogP contribution in [0.25, 0.3) is 0 Å². The molecule has 1 unspecified atom stereocenters. The smallest absolute Gasteiger partial charge is 0.276 e. The number of carbonyl (C=O) groups is 1. The minimum atomic E-state index is -3.92. The molecule has 1 heterocycles. The number of aryl methyl sites for hydroxylation is 1. The normalized spacial score (nSPS) is 17.0. The molecule has 1 aliphatic carbocycles. The number of sulfonamides is 1. The maximum Gasteiger partial charge on any atom is 0.276 e. The van der Waals surface area contributed by atoms with Crippen LogP contribution in [0, 0.1) is 5.92 Å². The number of fused-ring (bicyclic) bond motifs is 1. The van der Waals surface area contributed by atoms with E-state index in [-0.39, 0.29) is 10.6 Å². The summed E-state index contributed by atoms with van der Waals surface area (Å²) in [4.78, 5) is 16.2. The zero-order chi connectivity index (χ0) is 18.0. The molecular formula is C17H20N2O4S2. The van der Waals surface area contributed by atoms with Crippen molar-refractivity contribution in [2.75, 3.05) is 7.11 Å². The zero-order valence-corrected chi connectivity index (χ0v) is 15.7. The van der Waals surface area contributed by atoms with Gasteiger partial charge in [0.2, 0.25) is 0 Å². The first kappa shape index (κ1) is 17.9. The average Bonchev–Trinajstić information content (AvgIpc) is 3.03. The molecule has 2 aromatic rings. The zero-order valence-electron chi connectivity index (χ0n) is 14.0. The van der Waals surface area contributed by atoms with Gasteiger partial charge in [-0.25, -0.2) is 8.42 Å². The predicted molar refractivity (Wildman–Crippen MR) is 96.3 cm³/mol. The third-order valence-corrected chi connectivity index (χ3v) is 6.73. The fourth-order valence-corrected chi connectivity index (χ4v) is 5.00. The Balaban J connectivity index is 1.72. The summed E-state index contributed by atoms with van der Waals surface area (Å²) in [6.07, 6.45) is 3.06. The first-order valence-electron chi connectivity index (χ1n) is 7.97. The molecule has 2 N–H and O–H groups in total. The molecule has 1 aromatic carbocycles. The van der Waals surface area contributed by atoms with Gasteiger partial charge in [-0.15, -0.1) is 16.2 Å². The first-order chi connectivity index (χ1) is 11.9. The highest BCUT2D eigenvalue weighted by Crippen LogP contribution is 2.32. The Morgan fingerprint density at radius 2 is 2.08 bits per heavy atom. The molecule has 0 saturated heterocycles. The van der Waals surface area contributed by atoms with Gasteiger partial charge in [0.25, 0.3) is 15.9 Å². The summed E-state index contributed by atoms with van der Waals surface area (Å²) in [7, 11) is -2.53. The fourth-order valence-electron chi connectivity index (χ4n) is 2.89. The van der Waals surface area contributed by atoms with Crippen molar-refractivity contribution >= 4 is 27.3 Å². The summed E-state index contributed by atoms with van der Waals surface area (Å²) in [5, 5.41) is 0. The van der Waals surface area contributed by atoms with Crippen LogP contribution >= 0.6 is 11.3 Å². The predicted octanol–water partition coefficient (Wildman–Crippen LogP) is 2.50. The van der Waals surface area contributed by atoms with Crippen LogP contribution in [0.3, 0.4) is 0 Å². The number of carbonyl (C=O) groups excluding carboxylic acids is 1. The van der Waals surface area contributed by atoms with Crippen molar-refractivity contribution in [1.82, 2.24) is 10.3 Å². The Hall–Kier alpha value is -1.90. The van der Waals surface area contributed by atoms with Gasteiger partial charge in [0.1, 0.15) is 10.6 Å². The molecule has 25 heavy (non-hydrogen) atoms. The quantitative estimate of drug-likeness (QED) is 0.781.